The molecule has 0 aromatic heterocycles. The van der Waals surface area contributed by atoms with E-state index in [0.29, 0.717) is 5.02 Å². The predicted molar refractivity (Wildman–Crippen MR) is 58.6 cm³/mol. The average Bonchev–Trinajstić information content (AvgIpc) is 2.23. The summed E-state index contributed by atoms with van der Waals surface area (Å²) in [6.07, 6.45) is 0. The van der Waals surface area contributed by atoms with Gasteiger partial charge in [0.15, 0.2) is 0 Å². The van der Waals surface area contributed by atoms with Gasteiger partial charge in [-0.25, -0.2) is 0 Å². The van der Waals surface area contributed by atoms with Crippen molar-refractivity contribution in [3.05, 3.63) is 53.6 Å². The van der Waals surface area contributed by atoms with Crippen LogP contribution >= 0.6 is 11.6 Å². The maximum atomic E-state index is 9.63. The van der Waals surface area contributed by atoms with Crippen molar-refractivity contribution < 1.29 is 56.5 Å². The smallest absolute Gasteiger partial charge is 0.507 e. The van der Waals surface area contributed by atoms with Crippen molar-refractivity contribution in [3.63, 3.8) is 0 Å². The number of halogens is 1. The summed E-state index contributed by atoms with van der Waals surface area (Å²) in [7, 11) is 0. The van der Waals surface area contributed by atoms with E-state index in [1.165, 1.54) is 0 Å². The molecule has 0 aliphatic carbocycles. The second kappa shape index (κ2) is 6.04. The van der Waals surface area contributed by atoms with Gasteiger partial charge in [-0.05, 0) is 23.8 Å². The van der Waals surface area contributed by atoms with Crippen LogP contribution < -0.4 is 51.4 Å². The third kappa shape index (κ3) is 3.31. The van der Waals surface area contributed by atoms with Gasteiger partial charge >= 0.3 is 51.4 Å². The maximum absolute atomic E-state index is 9.63. The second-order valence-corrected chi connectivity index (χ2v) is 3.46. The van der Waals surface area contributed by atoms with Crippen LogP contribution in [-0.2, 0) is 0 Å². The molecular weight excluding hydrogens is 235 g/mol. The monoisotopic (exact) mass is 243 g/mol. The van der Waals surface area contributed by atoms with Crippen LogP contribution in [-0.4, -0.2) is 5.11 Å². The van der Waals surface area contributed by atoms with Gasteiger partial charge < -0.3 is 5.11 Å². The third-order valence-electron chi connectivity index (χ3n) is 2.04. The van der Waals surface area contributed by atoms with E-state index in [1.54, 1.807) is 18.2 Å². The molecule has 0 radical (unpaired) electrons. The number of hydrogen-bond acceptors (Lipinski definition) is 1. The Hall–Kier alpha value is 0.166. The van der Waals surface area contributed by atoms with Gasteiger partial charge in [0.05, 0.1) is 0 Å². The van der Waals surface area contributed by atoms with Crippen molar-refractivity contribution in [1.82, 2.24) is 0 Å². The Bertz CT molecular complexity index is 443. The molecule has 1 nitrogen and oxygen atoms in total. The summed E-state index contributed by atoms with van der Waals surface area (Å²) in [5.74, 6) is 0.251. The Morgan fingerprint density at radius 1 is 0.933 bits per heavy atom. The Balaban J connectivity index is 0.00000112. The first-order valence-corrected chi connectivity index (χ1v) is 4.69. The van der Waals surface area contributed by atoms with Gasteiger partial charge in [-0.15, -0.1) is 0 Å². The van der Waals surface area contributed by atoms with Gasteiger partial charge in [0.2, 0.25) is 0 Å². The molecule has 70 valence electrons. The van der Waals surface area contributed by atoms with Crippen molar-refractivity contribution in [2.24, 2.45) is 0 Å². The van der Waals surface area contributed by atoms with E-state index in [2.05, 4.69) is 0 Å². The fourth-order valence-electron chi connectivity index (χ4n) is 1.36. The van der Waals surface area contributed by atoms with Gasteiger partial charge in [-0.1, -0.05) is 41.9 Å². The molecule has 0 unspecified atom stereocenters. The summed E-state index contributed by atoms with van der Waals surface area (Å²) < 4.78 is 0. The fourth-order valence-corrected chi connectivity index (χ4v) is 1.53. The third-order valence-corrected chi connectivity index (χ3v) is 2.28. The Labute approximate surface area is 137 Å². The topological polar surface area (TPSA) is 20.2 Å². The van der Waals surface area contributed by atoms with Crippen LogP contribution in [0.15, 0.2) is 48.5 Å². The van der Waals surface area contributed by atoms with E-state index >= 15 is 0 Å². The Morgan fingerprint density at radius 3 is 2.27 bits per heavy atom. The molecule has 0 spiro atoms. The molecule has 0 atom stereocenters. The minimum absolute atomic E-state index is 0. The molecule has 0 bridgehead atoms. The quantitative estimate of drug-likeness (QED) is 0.732. The number of phenols is 1. The van der Waals surface area contributed by atoms with Gasteiger partial charge in [0.25, 0.3) is 0 Å². The first kappa shape index (κ1) is 13.2. The normalized spacial score (nSPS) is 9.40. The van der Waals surface area contributed by atoms with Gasteiger partial charge in [0.1, 0.15) is 5.75 Å². The molecule has 1 N–H and O–H groups in total. The van der Waals surface area contributed by atoms with E-state index in [1.807, 2.05) is 30.3 Å². The van der Waals surface area contributed by atoms with Crippen LogP contribution in [0.2, 0.25) is 5.02 Å². The molecule has 3 heteroatoms. The SMILES string of the molecule is Oc1ccc(Cl)cc1-c1ccccc1.[K+]. The van der Waals surface area contributed by atoms with Gasteiger partial charge in [-0.2, -0.15) is 0 Å². The predicted octanol–water partition coefficient (Wildman–Crippen LogP) is 0.717. The molecule has 0 heterocycles. The van der Waals surface area contributed by atoms with E-state index in [4.69, 9.17) is 11.6 Å². The fraction of sp³-hybridized carbons (Fsp3) is 0. The largest absolute Gasteiger partial charge is 1.00 e. The van der Waals surface area contributed by atoms with Crippen LogP contribution in [0, 0.1) is 0 Å². The zero-order valence-electron chi connectivity index (χ0n) is 8.44. The van der Waals surface area contributed by atoms with Crippen molar-refractivity contribution in [2.75, 3.05) is 0 Å². The molecule has 0 saturated carbocycles. The number of phenolic OH excluding ortho intramolecular Hbond substituents is 1. The second-order valence-electron chi connectivity index (χ2n) is 3.03. The number of hydrogen-bond donors (Lipinski definition) is 1. The molecule has 15 heavy (non-hydrogen) atoms. The maximum Gasteiger partial charge on any atom is 1.00 e. The summed E-state index contributed by atoms with van der Waals surface area (Å²) in [4.78, 5) is 0. The standard InChI is InChI=1S/C12H9ClO.K/c13-10-6-7-12(14)11(8-10)9-4-2-1-3-5-9;/h1-8,14H;/q;+1. The van der Waals surface area contributed by atoms with Crippen LogP contribution in [0.4, 0.5) is 0 Å². The number of benzene rings is 2. The zero-order chi connectivity index (χ0) is 9.97. The minimum Gasteiger partial charge on any atom is -0.507 e. The summed E-state index contributed by atoms with van der Waals surface area (Å²) >= 11 is 5.86. The van der Waals surface area contributed by atoms with Crippen molar-refractivity contribution in [1.29, 1.82) is 0 Å². The molecule has 2 aromatic rings. The minimum atomic E-state index is 0. The first-order valence-electron chi connectivity index (χ1n) is 4.31. The van der Waals surface area contributed by atoms with Crippen molar-refractivity contribution >= 4 is 11.6 Å². The zero-order valence-corrected chi connectivity index (χ0v) is 12.3. The summed E-state index contributed by atoms with van der Waals surface area (Å²) in [6, 6.07) is 14.7. The first-order chi connectivity index (χ1) is 6.77. The molecule has 0 aliphatic heterocycles. The number of aromatic hydroxyl groups is 1. The summed E-state index contributed by atoms with van der Waals surface area (Å²) in [5, 5.41) is 10.3. The van der Waals surface area contributed by atoms with E-state index < -0.39 is 0 Å². The van der Waals surface area contributed by atoms with E-state index in [-0.39, 0.29) is 57.1 Å². The average molecular weight is 244 g/mol. The van der Waals surface area contributed by atoms with E-state index in [0.717, 1.165) is 11.1 Å². The summed E-state index contributed by atoms with van der Waals surface area (Å²) in [5.41, 5.74) is 1.73. The molecule has 2 rings (SSSR count). The Kier molecular flexibility index (Phi) is 5.33. The number of rotatable bonds is 1. The van der Waals surface area contributed by atoms with Crippen molar-refractivity contribution in [3.8, 4) is 16.9 Å². The van der Waals surface area contributed by atoms with Crippen LogP contribution in [0.3, 0.4) is 0 Å². The Morgan fingerprint density at radius 2 is 1.60 bits per heavy atom. The van der Waals surface area contributed by atoms with Crippen LogP contribution in [0.25, 0.3) is 11.1 Å². The van der Waals surface area contributed by atoms with Crippen LogP contribution in [0.5, 0.6) is 5.75 Å². The molecule has 0 aliphatic rings. The molecule has 2 aromatic carbocycles. The van der Waals surface area contributed by atoms with E-state index in [9.17, 15) is 5.11 Å². The molecule has 0 amide bonds. The molecular formula is C12H9ClKO+. The van der Waals surface area contributed by atoms with Crippen LogP contribution in [0.1, 0.15) is 0 Å². The van der Waals surface area contributed by atoms with Gasteiger partial charge in [-0.3, -0.25) is 0 Å². The molecule has 0 fully saturated rings. The van der Waals surface area contributed by atoms with Gasteiger partial charge in [0, 0.05) is 10.6 Å². The molecule has 0 saturated heterocycles. The summed E-state index contributed by atoms with van der Waals surface area (Å²) in [6.45, 7) is 0. The van der Waals surface area contributed by atoms with Crippen molar-refractivity contribution in [2.45, 2.75) is 0 Å².